The van der Waals surface area contributed by atoms with Crippen LogP contribution < -0.4 is 0 Å². The van der Waals surface area contributed by atoms with Crippen molar-refractivity contribution in [1.82, 2.24) is 14.5 Å². The average Bonchev–Trinajstić information content (AvgIpc) is 2.43. The minimum absolute atomic E-state index is 0.0368. The zero-order valence-corrected chi connectivity index (χ0v) is 9.84. The average molecular weight is 258 g/mol. The van der Waals surface area contributed by atoms with Crippen molar-refractivity contribution in [2.75, 3.05) is 13.6 Å². The second-order valence-corrected chi connectivity index (χ2v) is 4.33. The number of hydrogen-bond acceptors (Lipinski definition) is 3. The summed E-state index contributed by atoms with van der Waals surface area (Å²) in [6, 6.07) is 0. The maximum absolute atomic E-state index is 11.3. The molecule has 0 aliphatic carbocycles. The Morgan fingerprint density at radius 2 is 2.21 bits per heavy atom. The summed E-state index contributed by atoms with van der Waals surface area (Å²) >= 11 is 3.37. The Labute approximate surface area is 91.0 Å². The Hall–Kier alpha value is -0.680. The maximum Gasteiger partial charge on any atom is 0.180 e. The standard InChI is InChI=1S/C9H12BrN3O/c1-6(14)8-7-5-12(2)3-4-13(7)9(10)11-8/h3-5H2,1-2H3. The van der Waals surface area contributed by atoms with Gasteiger partial charge in [0.15, 0.2) is 10.5 Å². The van der Waals surface area contributed by atoms with Crippen LogP contribution in [0.1, 0.15) is 23.1 Å². The summed E-state index contributed by atoms with van der Waals surface area (Å²) in [5, 5.41) is 0. The molecule has 0 spiro atoms. The van der Waals surface area contributed by atoms with E-state index in [1.165, 1.54) is 0 Å². The van der Waals surface area contributed by atoms with Crippen LogP contribution in [0.25, 0.3) is 0 Å². The SMILES string of the molecule is CC(=O)c1nc(Br)n2c1CN(C)CC2. The maximum atomic E-state index is 11.3. The summed E-state index contributed by atoms with van der Waals surface area (Å²) in [4.78, 5) is 17.7. The van der Waals surface area contributed by atoms with E-state index in [-0.39, 0.29) is 5.78 Å². The molecule has 1 aliphatic heterocycles. The molecule has 0 aromatic carbocycles. The molecule has 0 radical (unpaired) electrons. The first-order chi connectivity index (χ1) is 6.59. The van der Waals surface area contributed by atoms with Crippen molar-refractivity contribution >= 4 is 21.7 Å². The zero-order chi connectivity index (χ0) is 10.3. The molecule has 2 rings (SSSR count). The fourth-order valence-electron chi connectivity index (χ4n) is 1.73. The molecule has 0 bridgehead atoms. The molecule has 4 nitrogen and oxygen atoms in total. The van der Waals surface area contributed by atoms with Crippen LogP contribution in [0.3, 0.4) is 0 Å². The third kappa shape index (κ3) is 1.50. The van der Waals surface area contributed by atoms with Gasteiger partial charge in [0.25, 0.3) is 0 Å². The quantitative estimate of drug-likeness (QED) is 0.712. The highest BCUT2D eigenvalue weighted by Gasteiger charge is 2.22. The second kappa shape index (κ2) is 3.47. The molecular weight excluding hydrogens is 246 g/mol. The Kier molecular flexibility index (Phi) is 2.45. The number of likely N-dealkylation sites (N-methyl/N-ethyl adjacent to an activating group) is 1. The number of nitrogens with zero attached hydrogens (tertiary/aromatic N) is 3. The van der Waals surface area contributed by atoms with Gasteiger partial charge in [-0.25, -0.2) is 4.98 Å². The molecule has 0 saturated carbocycles. The molecule has 5 heteroatoms. The van der Waals surface area contributed by atoms with Gasteiger partial charge in [-0.1, -0.05) is 0 Å². The van der Waals surface area contributed by atoms with Crippen LogP contribution >= 0.6 is 15.9 Å². The highest BCUT2D eigenvalue weighted by Crippen LogP contribution is 2.21. The molecule has 0 unspecified atom stereocenters. The highest BCUT2D eigenvalue weighted by atomic mass is 79.9. The van der Waals surface area contributed by atoms with E-state index >= 15 is 0 Å². The minimum Gasteiger partial charge on any atom is -0.319 e. The Morgan fingerprint density at radius 3 is 2.86 bits per heavy atom. The van der Waals surface area contributed by atoms with Gasteiger partial charge in [-0.2, -0.15) is 0 Å². The summed E-state index contributed by atoms with van der Waals surface area (Å²) in [6.07, 6.45) is 0. The van der Waals surface area contributed by atoms with Gasteiger partial charge >= 0.3 is 0 Å². The molecule has 76 valence electrons. The Morgan fingerprint density at radius 1 is 1.50 bits per heavy atom. The summed E-state index contributed by atoms with van der Waals surface area (Å²) in [7, 11) is 2.05. The van der Waals surface area contributed by atoms with Crippen molar-refractivity contribution < 1.29 is 4.79 Å². The lowest BCUT2D eigenvalue weighted by molar-refractivity contribution is 0.101. The van der Waals surface area contributed by atoms with Crippen molar-refractivity contribution in [2.45, 2.75) is 20.0 Å². The van der Waals surface area contributed by atoms with Crippen molar-refractivity contribution in [1.29, 1.82) is 0 Å². The second-order valence-electron chi connectivity index (χ2n) is 3.62. The molecule has 2 heterocycles. The monoisotopic (exact) mass is 257 g/mol. The number of hydrogen-bond donors (Lipinski definition) is 0. The molecule has 0 amide bonds. The van der Waals surface area contributed by atoms with E-state index < -0.39 is 0 Å². The molecule has 0 N–H and O–H groups in total. The van der Waals surface area contributed by atoms with Crippen LogP contribution in [0.15, 0.2) is 4.73 Å². The third-order valence-electron chi connectivity index (χ3n) is 2.48. The molecule has 0 atom stereocenters. The normalized spacial score (nSPS) is 16.8. The van der Waals surface area contributed by atoms with Gasteiger partial charge < -0.3 is 4.57 Å². The number of halogens is 1. The van der Waals surface area contributed by atoms with Crippen molar-refractivity contribution in [3.05, 3.63) is 16.1 Å². The van der Waals surface area contributed by atoms with E-state index in [2.05, 4.69) is 30.4 Å². The number of Topliss-reactive ketones (excluding diaryl/α,β-unsaturated/α-hetero) is 1. The van der Waals surface area contributed by atoms with E-state index in [4.69, 9.17) is 0 Å². The number of ketones is 1. The third-order valence-corrected chi connectivity index (χ3v) is 3.09. The van der Waals surface area contributed by atoms with E-state index in [1.807, 2.05) is 7.05 Å². The first-order valence-electron chi connectivity index (χ1n) is 4.54. The van der Waals surface area contributed by atoms with Crippen LogP contribution in [-0.4, -0.2) is 33.8 Å². The zero-order valence-electron chi connectivity index (χ0n) is 8.25. The lowest BCUT2D eigenvalue weighted by atomic mass is 10.2. The van der Waals surface area contributed by atoms with E-state index in [1.54, 1.807) is 6.92 Å². The van der Waals surface area contributed by atoms with Crippen LogP contribution in [0, 0.1) is 0 Å². The summed E-state index contributed by atoms with van der Waals surface area (Å²) in [6.45, 7) is 4.25. The number of imidazole rings is 1. The van der Waals surface area contributed by atoms with Crippen LogP contribution in [0.4, 0.5) is 0 Å². The number of carbonyl (C=O) groups excluding carboxylic acids is 1. The summed E-state index contributed by atoms with van der Waals surface area (Å²) in [5.74, 6) is 0.0368. The van der Waals surface area contributed by atoms with E-state index in [9.17, 15) is 4.79 Å². The summed E-state index contributed by atoms with van der Waals surface area (Å²) < 4.78 is 2.84. The number of rotatable bonds is 1. The Bertz CT molecular complexity index is 386. The molecule has 0 fully saturated rings. The molecule has 0 saturated heterocycles. The lowest BCUT2D eigenvalue weighted by Gasteiger charge is -2.24. The van der Waals surface area contributed by atoms with Gasteiger partial charge in [0, 0.05) is 26.6 Å². The van der Waals surface area contributed by atoms with Gasteiger partial charge in [0.1, 0.15) is 5.69 Å². The predicted octanol–water partition coefficient (Wildman–Crippen LogP) is 1.29. The smallest absolute Gasteiger partial charge is 0.180 e. The fraction of sp³-hybridized carbons (Fsp3) is 0.556. The largest absolute Gasteiger partial charge is 0.319 e. The number of carbonyl (C=O) groups is 1. The van der Waals surface area contributed by atoms with Crippen LogP contribution in [-0.2, 0) is 13.1 Å². The van der Waals surface area contributed by atoms with E-state index in [0.717, 1.165) is 30.1 Å². The molecule has 1 aromatic heterocycles. The van der Waals surface area contributed by atoms with Gasteiger partial charge in [-0.05, 0) is 23.0 Å². The number of aromatic nitrogens is 2. The van der Waals surface area contributed by atoms with Gasteiger partial charge in [0.2, 0.25) is 0 Å². The topological polar surface area (TPSA) is 38.1 Å². The molecular formula is C9H12BrN3O. The fourth-order valence-corrected chi connectivity index (χ4v) is 2.30. The molecule has 1 aliphatic rings. The van der Waals surface area contributed by atoms with Crippen molar-refractivity contribution in [2.24, 2.45) is 0 Å². The van der Waals surface area contributed by atoms with Crippen molar-refractivity contribution in [3.8, 4) is 0 Å². The van der Waals surface area contributed by atoms with E-state index in [0.29, 0.717) is 5.69 Å². The predicted molar refractivity (Wildman–Crippen MR) is 56.3 cm³/mol. The highest BCUT2D eigenvalue weighted by molar-refractivity contribution is 9.10. The van der Waals surface area contributed by atoms with Gasteiger partial charge in [0.05, 0.1) is 5.69 Å². The van der Waals surface area contributed by atoms with Crippen molar-refractivity contribution in [3.63, 3.8) is 0 Å². The minimum atomic E-state index is 0.0368. The Balaban J connectivity index is 2.50. The summed E-state index contributed by atoms with van der Waals surface area (Å²) in [5.41, 5.74) is 1.63. The van der Waals surface area contributed by atoms with Gasteiger partial charge in [-0.15, -0.1) is 0 Å². The van der Waals surface area contributed by atoms with Crippen LogP contribution in [0.2, 0.25) is 0 Å². The molecule has 1 aromatic rings. The first-order valence-corrected chi connectivity index (χ1v) is 5.33. The first kappa shape index (κ1) is 9.86. The van der Waals surface area contributed by atoms with Gasteiger partial charge in [-0.3, -0.25) is 9.69 Å². The lowest BCUT2D eigenvalue weighted by Crippen LogP contribution is -2.31. The number of fused-ring (bicyclic) bond motifs is 1. The molecule has 14 heavy (non-hydrogen) atoms. The van der Waals surface area contributed by atoms with Crippen LogP contribution in [0.5, 0.6) is 0 Å².